The fourth-order valence-electron chi connectivity index (χ4n) is 1.89. The number of rotatable bonds is 1. The number of hydrogen-bond acceptors (Lipinski definition) is 2. The van der Waals surface area contributed by atoms with E-state index >= 15 is 0 Å². The molecule has 0 radical (unpaired) electrons. The summed E-state index contributed by atoms with van der Waals surface area (Å²) in [6.45, 7) is 5.92. The first-order valence-corrected chi connectivity index (χ1v) is 4.99. The number of fused-ring (bicyclic) bond motifs is 1. The number of anilines is 2. The second-order valence-electron chi connectivity index (χ2n) is 3.85. The van der Waals surface area contributed by atoms with Crippen molar-refractivity contribution in [3.63, 3.8) is 0 Å². The largest absolute Gasteiger partial charge is 0.382 e. The predicted molar refractivity (Wildman–Crippen MR) is 57.4 cm³/mol. The molecule has 0 unspecified atom stereocenters. The van der Waals surface area contributed by atoms with Gasteiger partial charge in [-0.05, 0) is 26.0 Å². The highest BCUT2D eigenvalue weighted by Crippen LogP contribution is 2.32. The van der Waals surface area contributed by atoms with Crippen LogP contribution in [-0.4, -0.2) is 19.1 Å². The lowest BCUT2D eigenvalue weighted by molar-refractivity contribution is 0.597. The molecule has 1 aliphatic heterocycles. The maximum atomic E-state index is 13.6. The molecule has 0 aliphatic carbocycles. The highest BCUT2D eigenvalue weighted by Gasteiger charge is 2.21. The first-order valence-electron chi connectivity index (χ1n) is 4.99. The van der Waals surface area contributed by atoms with Gasteiger partial charge in [0.15, 0.2) is 0 Å². The molecule has 0 spiro atoms. The van der Waals surface area contributed by atoms with Gasteiger partial charge in [-0.2, -0.15) is 0 Å². The van der Waals surface area contributed by atoms with Gasteiger partial charge in [-0.1, -0.05) is 6.07 Å². The monoisotopic (exact) mass is 194 g/mol. The van der Waals surface area contributed by atoms with Crippen LogP contribution in [-0.2, 0) is 0 Å². The van der Waals surface area contributed by atoms with E-state index in [9.17, 15) is 4.39 Å². The molecule has 0 atom stereocenters. The first kappa shape index (κ1) is 9.31. The Labute approximate surface area is 83.7 Å². The third-order valence-electron chi connectivity index (χ3n) is 2.57. The Morgan fingerprint density at radius 3 is 2.93 bits per heavy atom. The fraction of sp³-hybridized carbons (Fsp3) is 0.455. The summed E-state index contributed by atoms with van der Waals surface area (Å²) < 4.78 is 13.6. The van der Waals surface area contributed by atoms with E-state index in [1.54, 1.807) is 6.07 Å². The van der Waals surface area contributed by atoms with Crippen molar-refractivity contribution in [2.24, 2.45) is 0 Å². The summed E-state index contributed by atoms with van der Waals surface area (Å²) in [4.78, 5) is 2.10. The summed E-state index contributed by atoms with van der Waals surface area (Å²) in [6.07, 6.45) is 0. The Bertz CT molecular complexity index is 336. The highest BCUT2D eigenvalue weighted by molar-refractivity contribution is 5.72. The summed E-state index contributed by atoms with van der Waals surface area (Å²) in [5.74, 6) is -0.136. The molecular weight excluding hydrogens is 179 g/mol. The average Bonchev–Trinajstić information content (AvgIpc) is 2.17. The van der Waals surface area contributed by atoms with Crippen LogP contribution < -0.4 is 10.2 Å². The van der Waals surface area contributed by atoms with Crippen LogP contribution in [0.15, 0.2) is 18.2 Å². The zero-order valence-corrected chi connectivity index (χ0v) is 8.55. The topological polar surface area (TPSA) is 15.3 Å². The molecule has 0 aromatic heterocycles. The maximum Gasteiger partial charge on any atom is 0.148 e. The molecule has 1 aromatic carbocycles. The zero-order chi connectivity index (χ0) is 10.1. The van der Waals surface area contributed by atoms with Crippen molar-refractivity contribution in [2.45, 2.75) is 19.9 Å². The van der Waals surface area contributed by atoms with Gasteiger partial charge in [0.05, 0.1) is 11.4 Å². The molecule has 3 heteroatoms. The number of hydrogen-bond donors (Lipinski definition) is 1. The second-order valence-corrected chi connectivity index (χ2v) is 3.85. The molecular formula is C11H15FN2. The van der Waals surface area contributed by atoms with E-state index in [2.05, 4.69) is 24.1 Å². The van der Waals surface area contributed by atoms with Crippen LogP contribution in [0.1, 0.15) is 13.8 Å². The Hall–Kier alpha value is -1.25. The Morgan fingerprint density at radius 1 is 1.43 bits per heavy atom. The van der Waals surface area contributed by atoms with Crippen LogP contribution in [0.25, 0.3) is 0 Å². The summed E-state index contributed by atoms with van der Waals surface area (Å²) in [7, 11) is 0. The third kappa shape index (κ3) is 1.43. The van der Waals surface area contributed by atoms with Gasteiger partial charge in [0.25, 0.3) is 0 Å². The molecule has 2 nitrogen and oxygen atoms in total. The molecule has 0 saturated carbocycles. The Kier molecular flexibility index (Phi) is 2.32. The van der Waals surface area contributed by atoms with Crippen LogP contribution in [0, 0.1) is 5.82 Å². The third-order valence-corrected chi connectivity index (χ3v) is 2.57. The van der Waals surface area contributed by atoms with E-state index in [-0.39, 0.29) is 5.82 Å². The summed E-state index contributed by atoms with van der Waals surface area (Å²) in [5.41, 5.74) is 1.62. The number of nitrogens with zero attached hydrogens (tertiary/aromatic N) is 1. The Morgan fingerprint density at radius 2 is 2.21 bits per heavy atom. The predicted octanol–water partition coefficient (Wildman–Crippen LogP) is 2.47. The second kappa shape index (κ2) is 3.48. The molecule has 0 amide bonds. The minimum absolute atomic E-state index is 0.136. The summed E-state index contributed by atoms with van der Waals surface area (Å²) >= 11 is 0. The average molecular weight is 194 g/mol. The normalized spacial score (nSPS) is 15.3. The van der Waals surface area contributed by atoms with Gasteiger partial charge in [-0.25, -0.2) is 4.39 Å². The maximum absolute atomic E-state index is 13.6. The van der Waals surface area contributed by atoms with Crippen LogP contribution >= 0.6 is 0 Å². The van der Waals surface area contributed by atoms with E-state index in [1.165, 1.54) is 6.07 Å². The number of benzene rings is 1. The van der Waals surface area contributed by atoms with Gasteiger partial charge < -0.3 is 10.2 Å². The van der Waals surface area contributed by atoms with Crippen LogP contribution in [0.5, 0.6) is 0 Å². The molecule has 2 rings (SSSR count). The van der Waals surface area contributed by atoms with E-state index in [0.29, 0.717) is 11.7 Å². The van der Waals surface area contributed by atoms with Crippen molar-refractivity contribution in [2.75, 3.05) is 23.3 Å². The lowest BCUT2D eigenvalue weighted by atomic mass is 10.1. The lowest BCUT2D eigenvalue weighted by Crippen LogP contribution is -2.39. The highest BCUT2D eigenvalue weighted by atomic mass is 19.1. The number of para-hydroxylation sites is 1. The molecule has 1 aliphatic rings. The molecule has 14 heavy (non-hydrogen) atoms. The SMILES string of the molecule is CC(C)N1CCNc2cccc(F)c21. The minimum atomic E-state index is -0.136. The molecule has 0 bridgehead atoms. The van der Waals surface area contributed by atoms with Gasteiger partial charge in [-0.3, -0.25) is 0 Å². The molecule has 1 heterocycles. The Balaban J connectivity index is 2.47. The number of nitrogens with one attached hydrogen (secondary N) is 1. The zero-order valence-electron chi connectivity index (χ0n) is 8.55. The lowest BCUT2D eigenvalue weighted by Gasteiger charge is -2.35. The van der Waals surface area contributed by atoms with Crippen LogP contribution in [0.2, 0.25) is 0 Å². The fourth-order valence-corrected chi connectivity index (χ4v) is 1.89. The first-order chi connectivity index (χ1) is 6.70. The number of halogens is 1. The van der Waals surface area contributed by atoms with Crippen molar-refractivity contribution in [3.8, 4) is 0 Å². The van der Waals surface area contributed by atoms with Gasteiger partial charge in [-0.15, -0.1) is 0 Å². The van der Waals surface area contributed by atoms with Crippen molar-refractivity contribution in [1.29, 1.82) is 0 Å². The van der Waals surface area contributed by atoms with E-state index in [4.69, 9.17) is 0 Å². The van der Waals surface area contributed by atoms with Crippen molar-refractivity contribution < 1.29 is 4.39 Å². The smallest absolute Gasteiger partial charge is 0.148 e. The molecule has 76 valence electrons. The molecule has 1 aromatic rings. The van der Waals surface area contributed by atoms with Gasteiger partial charge in [0.2, 0.25) is 0 Å². The summed E-state index contributed by atoms with van der Waals surface area (Å²) in [5, 5.41) is 3.21. The van der Waals surface area contributed by atoms with Gasteiger partial charge >= 0.3 is 0 Å². The standard InChI is InChI=1S/C11H15FN2/c1-8(2)14-7-6-13-10-5-3-4-9(12)11(10)14/h3-5,8,13H,6-7H2,1-2H3. The molecule has 1 N–H and O–H groups in total. The minimum Gasteiger partial charge on any atom is -0.382 e. The van der Waals surface area contributed by atoms with E-state index in [1.807, 2.05) is 6.07 Å². The molecule has 0 saturated heterocycles. The summed E-state index contributed by atoms with van der Waals surface area (Å²) in [6, 6.07) is 5.52. The van der Waals surface area contributed by atoms with Gasteiger partial charge in [0.1, 0.15) is 5.82 Å². The van der Waals surface area contributed by atoms with Gasteiger partial charge in [0, 0.05) is 19.1 Å². The van der Waals surface area contributed by atoms with Crippen molar-refractivity contribution in [3.05, 3.63) is 24.0 Å². The quantitative estimate of drug-likeness (QED) is 0.738. The van der Waals surface area contributed by atoms with Crippen LogP contribution in [0.4, 0.5) is 15.8 Å². The van der Waals surface area contributed by atoms with E-state index < -0.39 is 0 Å². The van der Waals surface area contributed by atoms with Crippen molar-refractivity contribution >= 4 is 11.4 Å². The van der Waals surface area contributed by atoms with Crippen molar-refractivity contribution in [1.82, 2.24) is 0 Å². The molecule has 0 fully saturated rings. The van der Waals surface area contributed by atoms with E-state index in [0.717, 1.165) is 18.8 Å². The van der Waals surface area contributed by atoms with Crippen LogP contribution in [0.3, 0.4) is 0 Å².